The Morgan fingerprint density at radius 1 is 1.08 bits per heavy atom. The summed E-state index contributed by atoms with van der Waals surface area (Å²) < 4.78 is 5.72. The van der Waals surface area contributed by atoms with Gasteiger partial charge in [0.15, 0.2) is 0 Å². The number of nitrogens with one attached hydrogen (secondary N) is 2. The van der Waals surface area contributed by atoms with Crippen LogP contribution in [0.15, 0.2) is 51.7 Å². The molecule has 2 aromatic carbocycles. The van der Waals surface area contributed by atoms with Crippen LogP contribution in [0.2, 0.25) is 0 Å². The SMILES string of the molecule is CC(C)C[C@H](NC(=O)c1ccc2oc3ccccc3c(=O)c2c1)C([NH])=O. The van der Waals surface area contributed by atoms with Crippen LogP contribution in [0.3, 0.4) is 0 Å². The van der Waals surface area contributed by atoms with E-state index in [9.17, 15) is 14.4 Å². The van der Waals surface area contributed by atoms with Crippen molar-refractivity contribution in [3.63, 3.8) is 0 Å². The summed E-state index contributed by atoms with van der Waals surface area (Å²) in [6.45, 7) is 3.82. The molecule has 0 fully saturated rings. The largest absolute Gasteiger partial charge is 0.456 e. The first kappa shape index (κ1) is 17.7. The van der Waals surface area contributed by atoms with E-state index in [1.807, 2.05) is 13.8 Å². The van der Waals surface area contributed by atoms with Crippen molar-refractivity contribution in [2.75, 3.05) is 0 Å². The van der Waals surface area contributed by atoms with Gasteiger partial charge in [-0.3, -0.25) is 20.1 Å². The Labute approximate surface area is 150 Å². The fourth-order valence-electron chi connectivity index (χ4n) is 2.89. The number of hydrogen-bond acceptors (Lipinski definition) is 4. The summed E-state index contributed by atoms with van der Waals surface area (Å²) in [5, 5.41) is 3.32. The molecule has 1 heterocycles. The van der Waals surface area contributed by atoms with Gasteiger partial charge in [-0.15, -0.1) is 0 Å². The fourth-order valence-corrected chi connectivity index (χ4v) is 2.89. The Kier molecular flexibility index (Phi) is 4.75. The molecule has 3 aromatic rings. The van der Waals surface area contributed by atoms with Crippen molar-refractivity contribution < 1.29 is 14.0 Å². The predicted molar refractivity (Wildman–Crippen MR) is 98.8 cm³/mol. The standard InChI is InChI=1S/C20H19N2O4/c1-11(2)9-15(19(21)24)22-20(25)12-7-8-17-14(10-12)18(23)13-5-3-4-6-16(13)26-17/h3-8,10-11,15,21H,9H2,1-2H3,(H,22,25)/t15-/m0/s1. The van der Waals surface area contributed by atoms with E-state index in [0.29, 0.717) is 28.4 Å². The molecule has 3 rings (SSSR count). The van der Waals surface area contributed by atoms with Gasteiger partial charge in [0.2, 0.25) is 5.43 Å². The van der Waals surface area contributed by atoms with Crippen LogP contribution in [0, 0.1) is 5.92 Å². The van der Waals surface area contributed by atoms with E-state index >= 15 is 0 Å². The number of benzene rings is 2. The van der Waals surface area contributed by atoms with E-state index in [1.165, 1.54) is 12.1 Å². The lowest BCUT2D eigenvalue weighted by molar-refractivity contribution is -0.120. The number of para-hydroxylation sites is 1. The van der Waals surface area contributed by atoms with Crippen LogP contribution in [0.25, 0.3) is 21.9 Å². The smallest absolute Gasteiger partial charge is 0.260 e. The van der Waals surface area contributed by atoms with Crippen molar-refractivity contribution in [3.8, 4) is 0 Å². The molecule has 6 nitrogen and oxygen atoms in total. The minimum Gasteiger partial charge on any atom is -0.456 e. The first-order chi connectivity index (χ1) is 12.4. The Morgan fingerprint density at radius 3 is 2.46 bits per heavy atom. The number of hydrogen-bond donors (Lipinski definition) is 1. The molecule has 0 saturated heterocycles. The van der Waals surface area contributed by atoms with E-state index in [4.69, 9.17) is 10.2 Å². The first-order valence-electron chi connectivity index (χ1n) is 8.38. The van der Waals surface area contributed by atoms with Gasteiger partial charge in [-0.1, -0.05) is 26.0 Å². The van der Waals surface area contributed by atoms with E-state index in [-0.39, 0.29) is 16.9 Å². The highest BCUT2D eigenvalue weighted by molar-refractivity contribution is 6.01. The molecule has 0 spiro atoms. The van der Waals surface area contributed by atoms with Crippen LogP contribution in [0.5, 0.6) is 0 Å². The van der Waals surface area contributed by atoms with Gasteiger partial charge in [0.05, 0.1) is 10.8 Å². The van der Waals surface area contributed by atoms with Crippen LogP contribution >= 0.6 is 0 Å². The molecule has 0 aliphatic rings. The molecule has 0 unspecified atom stereocenters. The van der Waals surface area contributed by atoms with Gasteiger partial charge in [0.25, 0.3) is 11.8 Å². The molecule has 0 bridgehead atoms. The lowest BCUT2D eigenvalue weighted by Gasteiger charge is -2.17. The maximum atomic E-state index is 12.7. The summed E-state index contributed by atoms with van der Waals surface area (Å²) in [5.41, 5.74) is 8.23. The molecular formula is C20H19N2O4. The highest BCUT2D eigenvalue weighted by Crippen LogP contribution is 2.19. The molecule has 26 heavy (non-hydrogen) atoms. The second-order valence-corrected chi connectivity index (χ2v) is 6.66. The molecule has 1 radical (unpaired) electrons. The highest BCUT2D eigenvalue weighted by atomic mass is 16.3. The van der Waals surface area contributed by atoms with Crippen molar-refractivity contribution in [3.05, 3.63) is 58.3 Å². The van der Waals surface area contributed by atoms with Crippen LogP contribution in [0.1, 0.15) is 30.6 Å². The summed E-state index contributed by atoms with van der Waals surface area (Å²) in [7, 11) is 0. The molecule has 0 saturated carbocycles. The summed E-state index contributed by atoms with van der Waals surface area (Å²) in [4.78, 5) is 36.6. The Balaban J connectivity index is 1.99. The summed E-state index contributed by atoms with van der Waals surface area (Å²) in [6.07, 6.45) is 0.383. The lowest BCUT2D eigenvalue weighted by atomic mass is 10.0. The topological polar surface area (TPSA) is 100 Å². The summed E-state index contributed by atoms with van der Waals surface area (Å²) in [6, 6.07) is 10.6. The van der Waals surface area contributed by atoms with Crippen molar-refractivity contribution in [1.82, 2.24) is 11.1 Å². The molecule has 0 aliphatic carbocycles. The number of carbonyl (C=O) groups is 2. The monoisotopic (exact) mass is 351 g/mol. The maximum absolute atomic E-state index is 12.7. The zero-order valence-electron chi connectivity index (χ0n) is 14.5. The van der Waals surface area contributed by atoms with Gasteiger partial charge in [0, 0.05) is 5.56 Å². The number of rotatable bonds is 5. The minimum atomic E-state index is -0.869. The minimum absolute atomic E-state index is 0.157. The normalized spacial score (nSPS) is 12.4. The first-order valence-corrected chi connectivity index (χ1v) is 8.38. The predicted octanol–water partition coefficient (Wildman–Crippen LogP) is 2.90. The second kappa shape index (κ2) is 7.00. The third-order valence-electron chi connectivity index (χ3n) is 4.17. The van der Waals surface area contributed by atoms with E-state index in [1.54, 1.807) is 30.3 Å². The fraction of sp³-hybridized carbons (Fsp3) is 0.250. The molecule has 2 N–H and O–H groups in total. The lowest BCUT2D eigenvalue weighted by Crippen LogP contribution is -2.42. The van der Waals surface area contributed by atoms with E-state index < -0.39 is 17.9 Å². The molecule has 1 aromatic heterocycles. The third-order valence-corrected chi connectivity index (χ3v) is 4.17. The van der Waals surface area contributed by atoms with Gasteiger partial charge >= 0.3 is 0 Å². The van der Waals surface area contributed by atoms with Crippen LogP contribution in [0.4, 0.5) is 0 Å². The van der Waals surface area contributed by atoms with Crippen molar-refractivity contribution in [1.29, 1.82) is 0 Å². The molecule has 0 aliphatic heterocycles. The maximum Gasteiger partial charge on any atom is 0.260 e. The Hall–Kier alpha value is -3.15. The quantitative estimate of drug-likeness (QED) is 0.714. The van der Waals surface area contributed by atoms with E-state index in [0.717, 1.165) is 0 Å². The van der Waals surface area contributed by atoms with Crippen molar-refractivity contribution >= 4 is 33.8 Å². The van der Waals surface area contributed by atoms with Gasteiger partial charge in [-0.2, -0.15) is 0 Å². The van der Waals surface area contributed by atoms with Crippen molar-refractivity contribution in [2.45, 2.75) is 26.3 Å². The average Bonchev–Trinajstić information content (AvgIpc) is 2.60. The Bertz CT molecular complexity index is 1050. The van der Waals surface area contributed by atoms with Gasteiger partial charge < -0.3 is 9.73 Å². The zero-order valence-corrected chi connectivity index (χ0v) is 14.5. The third kappa shape index (κ3) is 3.44. The zero-order chi connectivity index (χ0) is 18.8. The molecule has 2 amide bonds. The van der Waals surface area contributed by atoms with E-state index in [2.05, 4.69) is 5.32 Å². The number of fused-ring (bicyclic) bond motifs is 2. The van der Waals surface area contributed by atoms with Gasteiger partial charge in [-0.25, -0.2) is 0 Å². The molecule has 6 heteroatoms. The van der Waals surface area contributed by atoms with Gasteiger partial charge in [-0.05, 0) is 42.7 Å². The second-order valence-electron chi connectivity index (χ2n) is 6.66. The van der Waals surface area contributed by atoms with Crippen molar-refractivity contribution in [2.24, 2.45) is 5.92 Å². The summed E-state index contributed by atoms with van der Waals surface area (Å²) in [5.74, 6) is -1.17. The van der Waals surface area contributed by atoms with Crippen LogP contribution in [-0.4, -0.2) is 17.9 Å². The van der Waals surface area contributed by atoms with Crippen LogP contribution < -0.4 is 16.5 Å². The average molecular weight is 351 g/mol. The Morgan fingerprint density at radius 2 is 1.77 bits per heavy atom. The number of amides is 2. The molecular weight excluding hydrogens is 332 g/mol. The van der Waals surface area contributed by atoms with Gasteiger partial charge in [0.1, 0.15) is 17.2 Å². The summed E-state index contributed by atoms with van der Waals surface area (Å²) >= 11 is 0. The molecule has 133 valence electrons. The molecule has 1 atom stereocenters. The van der Waals surface area contributed by atoms with Crippen LogP contribution in [-0.2, 0) is 4.79 Å². The highest BCUT2D eigenvalue weighted by Gasteiger charge is 2.21. The number of carbonyl (C=O) groups excluding carboxylic acids is 2.